The summed E-state index contributed by atoms with van der Waals surface area (Å²) in [6.45, 7) is 0. The lowest BCUT2D eigenvalue weighted by Crippen LogP contribution is -1.85. The molecular weight excluding hydrogens is 235 g/mol. The van der Waals surface area contributed by atoms with Gasteiger partial charge in [0, 0.05) is 15.5 Å². The number of anilines is 1. The average molecular weight is 244 g/mol. The summed E-state index contributed by atoms with van der Waals surface area (Å²) in [4.78, 5) is 1.40. The second-order valence-electron chi connectivity index (χ2n) is 3.43. The minimum Gasteiger partial charge on any atom is -0.399 e. The van der Waals surface area contributed by atoms with E-state index in [1.807, 2.05) is 18.2 Å². The summed E-state index contributed by atoms with van der Waals surface area (Å²) in [5.74, 6) is -0.383. The van der Waals surface area contributed by atoms with E-state index in [0.29, 0.717) is 16.1 Å². The highest BCUT2D eigenvalue weighted by molar-refractivity contribution is 7.99. The average Bonchev–Trinajstić information content (AvgIpc) is 2.34. The summed E-state index contributed by atoms with van der Waals surface area (Å²) in [6.07, 6.45) is 0. The van der Waals surface area contributed by atoms with Crippen molar-refractivity contribution in [3.05, 3.63) is 53.8 Å². The Labute approximate surface area is 103 Å². The van der Waals surface area contributed by atoms with Gasteiger partial charge >= 0.3 is 0 Å². The molecular formula is C13H9FN2S. The van der Waals surface area contributed by atoms with E-state index in [1.165, 1.54) is 17.8 Å². The first-order valence-electron chi connectivity index (χ1n) is 4.92. The summed E-state index contributed by atoms with van der Waals surface area (Å²) in [5, 5.41) is 8.64. The first-order chi connectivity index (χ1) is 8.19. The Morgan fingerprint density at radius 2 is 1.82 bits per heavy atom. The monoisotopic (exact) mass is 244 g/mol. The van der Waals surface area contributed by atoms with Crippen LogP contribution in [0.15, 0.2) is 52.3 Å². The summed E-state index contributed by atoms with van der Waals surface area (Å²) in [7, 11) is 0. The zero-order valence-electron chi connectivity index (χ0n) is 8.85. The number of rotatable bonds is 2. The second-order valence-corrected chi connectivity index (χ2v) is 4.54. The highest BCUT2D eigenvalue weighted by Gasteiger charge is 2.05. The van der Waals surface area contributed by atoms with E-state index in [1.54, 1.807) is 24.3 Å². The van der Waals surface area contributed by atoms with Gasteiger partial charge in [-0.15, -0.1) is 0 Å². The fraction of sp³-hybridized carbons (Fsp3) is 0. The standard InChI is InChI=1S/C13H9FN2S/c14-12-7-9(8-15)1-6-13(12)17-11-4-2-10(16)3-5-11/h1-7H,16H2. The second kappa shape index (κ2) is 4.89. The van der Waals surface area contributed by atoms with Crippen molar-refractivity contribution in [1.82, 2.24) is 0 Å². The first kappa shape index (κ1) is 11.5. The van der Waals surface area contributed by atoms with E-state index in [-0.39, 0.29) is 5.82 Å². The molecule has 0 aliphatic rings. The van der Waals surface area contributed by atoms with Crippen LogP contribution in [0.4, 0.5) is 10.1 Å². The van der Waals surface area contributed by atoms with Crippen molar-refractivity contribution in [3.63, 3.8) is 0 Å². The van der Waals surface area contributed by atoms with Crippen molar-refractivity contribution in [3.8, 4) is 6.07 Å². The van der Waals surface area contributed by atoms with Gasteiger partial charge in [0.05, 0.1) is 11.6 Å². The molecule has 0 fully saturated rings. The van der Waals surface area contributed by atoms with Gasteiger partial charge in [-0.2, -0.15) is 5.26 Å². The van der Waals surface area contributed by atoms with Crippen LogP contribution in [0.25, 0.3) is 0 Å². The van der Waals surface area contributed by atoms with Gasteiger partial charge in [0.2, 0.25) is 0 Å². The van der Waals surface area contributed by atoms with Crippen LogP contribution in [0, 0.1) is 17.1 Å². The molecule has 0 aliphatic carbocycles. The summed E-state index contributed by atoms with van der Waals surface area (Å²) < 4.78 is 13.6. The van der Waals surface area contributed by atoms with Crippen molar-refractivity contribution in [2.24, 2.45) is 0 Å². The number of nitriles is 1. The molecule has 2 N–H and O–H groups in total. The zero-order valence-corrected chi connectivity index (χ0v) is 9.67. The van der Waals surface area contributed by atoms with Crippen LogP contribution in [-0.4, -0.2) is 0 Å². The highest BCUT2D eigenvalue weighted by Crippen LogP contribution is 2.30. The predicted molar refractivity (Wildman–Crippen MR) is 66.1 cm³/mol. The van der Waals surface area contributed by atoms with Gasteiger partial charge < -0.3 is 5.73 Å². The van der Waals surface area contributed by atoms with Crippen LogP contribution in [-0.2, 0) is 0 Å². The molecule has 17 heavy (non-hydrogen) atoms. The molecule has 0 atom stereocenters. The SMILES string of the molecule is N#Cc1ccc(Sc2ccc(N)cc2)c(F)c1. The van der Waals surface area contributed by atoms with Crippen LogP contribution in [0.5, 0.6) is 0 Å². The minimum absolute atomic E-state index is 0.323. The van der Waals surface area contributed by atoms with Crippen LogP contribution in [0.3, 0.4) is 0 Å². The normalized spacial score (nSPS) is 9.88. The Morgan fingerprint density at radius 1 is 1.12 bits per heavy atom. The number of benzene rings is 2. The Balaban J connectivity index is 2.25. The van der Waals surface area contributed by atoms with Gasteiger partial charge in [0.25, 0.3) is 0 Å². The summed E-state index contributed by atoms with van der Waals surface area (Å²) >= 11 is 1.30. The van der Waals surface area contributed by atoms with Gasteiger partial charge in [-0.25, -0.2) is 4.39 Å². The molecule has 2 aromatic rings. The number of nitrogen functional groups attached to an aromatic ring is 1. The van der Waals surface area contributed by atoms with Crippen molar-refractivity contribution in [2.45, 2.75) is 9.79 Å². The fourth-order valence-electron chi connectivity index (χ4n) is 1.32. The third-order valence-electron chi connectivity index (χ3n) is 2.17. The molecule has 0 saturated carbocycles. The van der Waals surface area contributed by atoms with Gasteiger partial charge in [-0.3, -0.25) is 0 Å². The van der Waals surface area contributed by atoms with Gasteiger partial charge in [-0.1, -0.05) is 11.8 Å². The number of nitrogens with zero attached hydrogens (tertiary/aromatic N) is 1. The minimum atomic E-state index is -0.383. The maximum absolute atomic E-state index is 13.6. The molecule has 84 valence electrons. The first-order valence-corrected chi connectivity index (χ1v) is 5.74. The molecule has 2 aromatic carbocycles. The topological polar surface area (TPSA) is 49.8 Å². The van der Waals surface area contributed by atoms with E-state index >= 15 is 0 Å². The Kier molecular flexibility index (Phi) is 3.31. The molecule has 0 spiro atoms. The van der Waals surface area contributed by atoms with Crippen molar-refractivity contribution in [2.75, 3.05) is 5.73 Å². The van der Waals surface area contributed by atoms with E-state index in [2.05, 4.69) is 0 Å². The molecule has 4 heteroatoms. The Morgan fingerprint density at radius 3 is 2.41 bits per heavy atom. The van der Waals surface area contributed by atoms with Gasteiger partial charge in [-0.05, 0) is 42.5 Å². The van der Waals surface area contributed by atoms with Crippen LogP contribution in [0.2, 0.25) is 0 Å². The van der Waals surface area contributed by atoms with E-state index < -0.39 is 0 Å². The molecule has 0 heterocycles. The zero-order chi connectivity index (χ0) is 12.3. The molecule has 0 saturated heterocycles. The molecule has 2 rings (SSSR count). The van der Waals surface area contributed by atoms with Gasteiger partial charge in [0.15, 0.2) is 0 Å². The maximum atomic E-state index is 13.6. The third-order valence-corrected chi connectivity index (χ3v) is 3.23. The van der Waals surface area contributed by atoms with E-state index in [0.717, 1.165) is 4.90 Å². The molecule has 0 unspecified atom stereocenters. The summed E-state index contributed by atoms with van der Waals surface area (Å²) in [6, 6.07) is 13.5. The van der Waals surface area contributed by atoms with Gasteiger partial charge in [0.1, 0.15) is 5.82 Å². The van der Waals surface area contributed by atoms with Crippen LogP contribution in [0.1, 0.15) is 5.56 Å². The molecule has 0 aromatic heterocycles. The molecule has 0 bridgehead atoms. The lowest BCUT2D eigenvalue weighted by molar-refractivity contribution is 0.601. The molecule has 0 radical (unpaired) electrons. The molecule has 0 aliphatic heterocycles. The van der Waals surface area contributed by atoms with E-state index in [4.69, 9.17) is 11.0 Å². The highest BCUT2D eigenvalue weighted by atomic mass is 32.2. The Hall–Kier alpha value is -1.99. The third kappa shape index (κ3) is 2.77. The maximum Gasteiger partial charge on any atom is 0.138 e. The smallest absolute Gasteiger partial charge is 0.138 e. The molecule has 0 amide bonds. The van der Waals surface area contributed by atoms with Crippen LogP contribution >= 0.6 is 11.8 Å². The van der Waals surface area contributed by atoms with Crippen molar-refractivity contribution in [1.29, 1.82) is 5.26 Å². The number of hydrogen-bond acceptors (Lipinski definition) is 3. The van der Waals surface area contributed by atoms with Crippen molar-refractivity contribution >= 4 is 17.4 Å². The fourth-order valence-corrected chi connectivity index (χ4v) is 2.13. The number of halogens is 1. The Bertz CT molecular complexity index is 573. The van der Waals surface area contributed by atoms with Crippen LogP contribution < -0.4 is 5.73 Å². The summed E-state index contributed by atoms with van der Waals surface area (Å²) in [5.41, 5.74) is 6.57. The number of nitrogens with two attached hydrogens (primary N) is 1. The largest absolute Gasteiger partial charge is 0.399 e. The molecule has 2 nitrogen and oxygen atoms in total. The van der Waals surface area contributed by atoms with Crippen molar-refractivity contribution < 1.29 is 4.39 Å². The lowest BCUT2D eigenvalue weighted by Gasteiger charge is -2.03. The quantitative estimate of drug-likeness (QED) is 0.823. The number of hydrogen-bond donors (Lipinski definition) is 1. The lowest BCUT2D eigenvalue weighted by atomic mass is 10.2. The van der Waals surface area contributed by atoms with E-state index in [9.17, 15) is 4.39 Å². The predicted octanol–water partition coefficient (Wildman–Crippen LogP) is 3.43.